The van der Waals surface area contributed by atoms with Gasteiger partial charge in [-0.3, -0.25) is 19.3 Å². The highest BCUT2D eigenvalue weighted by atomic mass is 35.5. The van der Waals surface area contributed by atoms with E-state index in [-0.39, 0.29) is 30.7 Å². The van der Waals surface area contributed by atoms with Gasteiger partial charge in [-0.1, -0.05) is 31.4 Å². The Morgan fingerprint density at radius 2 is 1.89 bits per heavy atom. The Morgan fingerprint density at radius 3 is 2.57 bits per heavy atom. The first-order valence-electron chi connectivity index (χ1n) is 9.38. The normalized spacial score (nSPS) is 17.7. The molecule has 1 spiro atoms. The third kappa shape index (κ3) is 4.11. The van der Waals surface area contributed by atoms with Crippen LogP contribution in [0, 0.1) is 0 Å². The Kier molecular flexibility index (Phi) is 5.88. The Labute approximate surface area is 168 Å². The minimum Gasteiger partial charge on any atom is -0.326 e. The van der Waals surface area contributed by atoms with Crippen LogP contribution < -0.4 is 16.0 Å². The zero-order chi connectivity index (χ0) is 20.3. The Bertz CT molecular complexity index is 820. The zero-order valence-corrected chi connectivity index (χ0v) is 16.4. The maximum atomic E-state index is 12.6. The highest BCUT2D eigenvalue weighted by Crippen LogP contribution is 2.35. The van der Waals surface area contributed by atoms with Crippen LogP contribution in [0.4, 0.5) is 16.2 Å². The smallest absolute Gasteiger partial charge is 0.325 e. The van der Waals surface area contributed by atoms with E-state index in [1.165, 1.54) is 0 Å². The highest BCUT2D eigenvalue weighted by Gasteiger charge is 2.52. The van der Waals surface area contributed by atoms with E-state index in [0.29, 0.717) is 35.7 Å². The molecule has 3 N–H and O–H groups in total. The predicted octanol–water partition coefficient (Wildman–Crippen LogP) is 2.88. The number of halogens is 1. The van der Waals surface area contributed by atoms with Crippen LogP contribution in [0.25, 0.3) is 0 Å². The summed E-state index contributed by atoms with van der Waals surface area (Å²) in [7, 11) is 0. The maximum Gasteiger partial charge on any atom is 0.325 e. The number of nitrogens with zero attached hydrogens (tertiary/aromatic N) is 1. The van der Waals surface area contributed by atoms with Gasteiger partial charge in [-0.25, -0.2) is 4.79 Å². The number of anilines is 2. The standard InChI is InChI=1S/C19H23ClN4O4/c1-2-15(25)21-12-5-6-13(20)14(11-12)22-16(26)7-10-24-17(27)19(23-18(24)28)8-3-4-9-19/h5-6,11H,2-4,7-10H2,1H3,(H,21,25)(H,22,26)(H,23,28). The van der Waals surface area contributed by atoms with Crippen LogP contribution in [0.15, 0.2) is 18.2 Å². The van der Waals surface area contributed by atoms with Crippen molar-refractivity contribution < 1.29 is 19.2 Å². The number of imide groups is 1. The van der Waals surface area contributed by atoms with Gasteiger partial charge in [-0.2, -0.15) is 0 Å². The van der Waals surface area contributed by atoms with Gasteiger partial charge in [0.15, 0.2) is 0 Å². The molecular weight excluding hydrogens is 384 g/mol. The molecule has 8 nitrogen and oxygen atoms in total. The third-order valence-corrected chi connectivity index (χ3v) is 5.44. The van der Waals surface area contributed by atoms with Crippen molar-refractivity contribution in [2.45, 2.75) is 51.0 Å². The fourth-order valence-electron chi connectivity index (χ4n) is 3.57. The van der Waals surface area contributed by atoms with Gasteiger partial charge < -0.3 is 16.0 Å². The van der Waals surface area contributed by atoms with E-state index in [9.17, 15) is 19.2 Å². The summed E-state index contributed by atoms with van der Waals surface area (Å²) >= 11 is 6.11. The van der Waals surface area contributed by atoms with Gasteiger partial charge in [0, 0.05) is 25.1 Å². The summed E-state index contributed by atoms with van der Waals surface area (Å²) in [6, 6.07) is 4.33. The number of benzene rings is 1. The molecule has 1 saturated heterocycles. The second-order valence-electron chi connectivity index (χ2n) is 7.07. The van der Waals surface area contributed by atoms with E-state index < -0.39 is 11.6 Å². The lowest BCUT2D eigenvalue weighted by molar-refractivity contribution is -0.131. The molecule has 0 radical (unpaired) electrons. The molecule has 1 aromatic carbocycles. The molecule has 1 aromatic rings. The van der Waals surface area contributed by atoms with Gasteiger partial charge in [-0.15, -0.1) is 0 Å². The van der Waals surface area contributed by atoms with Crippen molar-refractivity contribution in [2.24, 2.45) is 0 Å². The van der Waals surface area contributed by atoms with Crippen molar-refractivity contribution in [3.05, 3.63) is 23.2 Å². The van der Waals surface area contributed by atoms with E-state index in [1.807, 2.05) is 0 Å². The lowest BCUT2D eigenvalue weighted by Gasteiger charge is -2.20. The lowest BCUT2D eigenvalue weighted by atomic mass is 9.98. The van der Waals surface area contributed by atoms with Crippen molar-refractivity contribution in [3.8, 4) is 0 Å². The fourth-order valence-corrected chi connectivity index (χ4v) is 3.74. The topological polar surface area (TPSA) is 108 Å². The van der Waals surface area contributed by atoms with Crippen molar-refractivity contribution in [1.29, 1.82) is 0 Å². The van der Waals surface area contributed by atoms with Crippen LogP contribution in [0.3, 0.4) is 0 Å². The Morgan fingerprint density at radius 1 is 1.18 bits per heavy atom. The van der Waals surface area contributed by atoms with Gasteiger partial charge in [0.25, 0.3) is 5.91 Å². The van der Waals surface area contributed by atoms with Crippen LogP contribution in [0.5, 0.6) is 0 Å². The summed E-state index contributed by atoms with van der Waals surface area (Å²) in [6.07, 6.45) is 3.39. The number of carbonyl (C=O) groups is 4. The minimum atomic E-state index is -0.775. The first kappa shape index (κ1) is 20.1. The summed E-state index contributed by atoms with van der Waals surface area (Å²) < 4.78 is 0. The summed E-state index contributed by atoms with van der Waals surface area (Å²) in [5.74, 6) is -0.780. The summed E-state index contributed by atoms with van der Waals surface area (Å²) in [5.41, 5.74) is 0.0942. The molecule has 3 rings (SSSR count). The van der Waals surface area contributed by atoms with Gasteiger partial charge in [0.1, 0.15) is 5.54 Å². The number of rotatable bonds is 6. The summed E-state index contributed by atoms with van der Waals surface area (Å²) in [6.45, 7) is 1.74. The average molecular weight is 407 g/mol. The van der Waals surface area contributed by atoms with Gasteiger partial charge in [0.2, 0.25) is 11.8 Å². The summed E-state index contributed by atoms with van der Waals surface area (Å²) in [4.78, 5) is 49.7. The van der Waals surface area contributed by atoms with Crippen molar-refractivity contribution in [1.82, 2.24) is 10.2 Å². The van der Waals surface area contributed by atoms with Gasteiger partial charge in [0.05, 0.1) is 10.7 Å². The van der Waals surface area contributed by atoms with E-state index in [2.05, 4.69) is 16.0 Å². The fraction of sp³-hybridized carbons (Fsp3) is 0.474. The number of hydrogen-bond donors (Lipinski definition) is 3. The molecule has 9 heteroatoms. The second-order valence-corrected chi connectivity index (χ2v) is 7.48. The second kappa shape index (κ2) is 8.18. The number of amides is 5. The Balaban J connectivity index is 1.59. The van der Waals surface area contributed by atoms with E-state index in [4.69, 9.17) is 11.6 Å². The van der Waals surface area contributed by atoms with Gasteiger partial charge in [-0.05, 0) is 31.0 Å². The molecule has 2 fully saturated rings. The SMILES string of the molecule is CCC(=O)Nc1ccc(Cl)c(NC(=O)CCN2C(=O)NC3(CCCC3)C2=O)c1. The molecule has 0 aromatic heterocycles. The summed E-state index contributed by atoms with van der Waals surface area (Å²) in [5, 5.41) is 8.47. The first-order chi connectivity index (χ1) is 13.3. The van der Waals surface area contributed by atoms with Crippen LogP contribution in [0.1, 0.15) is 45.4 Å². The predicted molar refractivity (Wildman–Crippen MR) is 105 cm³/mol. The van der Waals surface area contributed by atoms with Crippen LogP contribution in [-0.2, 0) is 14.4 Å². The molecule has 1 heterocycles. The zero-order valence-electron chi connectivity index (χ0n) is 15.6. The van der Waals surface area contributed by atoms with Crippen LogP contribution in [0.2, 0.25) is 5.02 Å². The van der Waals surface area contributed by atoms with Crippen molar-refractivity contribution >= 4 is 46.7 Å². The Hall–Kier alpha value is -2.61. The van der Waals surface area contributed by atoms with Crippen LogP contribution >= 0.6 is 11.6 Å². The number of carbonyl (C=O) groups excluding carboxylic acids is 4. The molecule has 28 heavy (non-hydrogen) atoms. The molecule has 5 amide bonds. The number of nitrogens with one attached hydrogen (secondary N) is 3. The largest absolute Gasteiger partial charge is 0.326 e. The lowest BCUT2D eigenvalue weighted by Crippen LogP contribution is -2.44. The molecule has 0 atom stereocenters. The van der Waals surface area contributed by atoms with Crippen LogP contribution in [-0.4, -0.2) is 40.7 Å². The first-order valence-corrected chi connectivity index (χ1v) is 9.76. The quantitative estimate of drug-likeness (QED) is 0.631. The van der Waals surface area contributed by atoms with E-state index in [1.54, 1.807) is 25.1 Å². The van der Waals surface area contributed by atoms with Crippen molar-refractivity contribution in [2.75, 3.05) is 17.2 Å². The van der Waals surface area contributed by atoms with E-state index >= 15 is 0 Å². The average Bonchev–Trinajstić information content (AvgIpc) is 3.22. The molecule has 2 aliphatic rings. The van der Waals surface area contributed by atoms with E-state index in [0.717, 1.165) is 17.7 Å². The molecule has 1 aliphatic heterocycles. The minimum absolute atomic E-state index is 0.00211. The third-order valence-electron chi connectivity index (χ3n) is 5.11. The molecule has 150 valence electrons. The molecule has 1 aliphatic carbocycles. The number of urea groups is 1. The molecule has 1 saturated carbocycles. The van der Waals surface area contributed by atoms with Crippen molar-refractivity contribution in [3.63, 3.8) is 0 Å². The highest BCUT2D eigenvalue weighted by molar-refractivity contribution is 6.33. The van der Waals surface area contributed by atoms with Gasteiger partial charge >= 0.3 is 6.03 Å². The maximum absolute atomic E-state index is 12.6. The molecular formula is C19H23ClN4O4. The number of hydrogen-bond acceptors (Lipinski definition) is 4. The monoisotopic (exact) mass is 406 g/mol. The molecule has 0 unspecified atom stereocenters. The molecule has 0 bridgehead atoms.